The van der Waals surface area contributed by atoms with Crippen molar-refractivity contribution in [3.63, 3.8) is 0 Å². The Balaban J connectivity index is 1.56. The fourth-order valence-electron chi connectivity index (χ4n) is 2.57. The van der Waals surface area contributed by atoms with E-state index in [1.807, 2.05) is 6.92 Å². The second kappa shape index (κ2) is 8.05. The van der Waals surface area contributed by atoms with E-state index in [0.29, 0.717) is 22.8 Å². The Bertz CT molecular complexity index is 961. The van der Waals surface area contributed by atoms with Crippen LogP contribution in [0.15, 0.2) is 47.8 Å². The normalized spacial score (nSPS) is 11.8. The predicted molar refractivity (Wildman–Crippen MR) is 103 cm³/mol. The van der Waals surface area contributed by atoms with Crippen LogP contribution in [0.25, 0.3) is 11.3 Å². The van der Waals surface area contributed by atoms with Crippen molar-refractivity contribution in [1.82, 2.24) is 10.3 Å². The number of hydrogen-bond acceptors (Lipinski definition) is 5. The third-order valence-corrected chi connectivity index (χ3v) is 4.56. The molecule has 0 unspecified atom stereocenters. The van der Waals surface area contributed by atoms with Gasteiger partial charge in [-0.1, -0.05) is 18.2 Å². The topological polar surface area (TPSA) is 94.5 Å². The summed E-state index contributed by atoms with van der Waals surface area (Å²) in [6.45, 7) is 1.82. The molecule has 1 heterocycles. The number of halogens is 1. The first-order chi connectivity index (χ1) is 12.9. The van der Waals surface area contributed by atoms with Gasteiger partial charge < -0.3 is 15.5 Å². The molecule has 2 aromatic carbocycles. The molecular weight excluding hydrogens is 369 g/mol. The Morgan fingerprint density at radius 3 is 2.78 bits per heavy atom. The number of aromatic nitrogens is 1. The van der Waals surface area contributed by atoms with E-state index >= 15 is 0 Å². The molecule has 4 N–H and O–H groups in total. The molecule has 0 bridgehead atoms. The highest BCUT2D eigenvalue weighted by molar-refractivity contribution is 7.14. The highest BCUT2D eigenvalue weighted by Crippen LogP contribution is 2.26. The van der Waals surface area contributed by atoms with E-state index in [1.165, 1.54) is 35.6 Å². The van der Waals surface area contributed by atoms with Crippen LogP contribution in [0.5, 0.6) is 11.5 Å². The summed E-state index contributed by atoms with van der Waals surface area (Å²) in [6.07, 6.45) is 0.480. The Hall–Kier alpha value is -3.13. The van der Waals surface area contributed by atoms with Crippen molar-refractivity contribution >= 4 is 22.5 Å². The molecule has 27 heavy (non-hydrogen) atoms. The highest BCUT2D eigenvalue weighted by atomic mass is 32.1. The summed E-state index contributed by atoms with van der Waals surface area (Å²) in [6, 6.07) is 10.0. The molecule has 3 rings (SSSR count). The zero-order chi connectivity index (χ0) is 19.4. The summed E-state index contributed by atoms with van der Waals surface area (Å²) < 4.78 is 13.3. The molecule has 0 fully saturated rings. The predicted octanol–water partition coefficient (Wildman–Crippen LogP) is 4.11. The molecule has 140 valence electrons. The van der Waals surface area contributed by atoms with E-state index in [1.54, 1.807) is 23.6 Å². The highest BCUT2D eigenvalue weighted by Gasteiger charge is 2.12. The number of thiazole rings is 1. The molecule has 8 heteroatoms. The van der Waals surface area contributed by atoms with Gasteiger partial charge in [-0.15, -0.1) is 11.3 Å². The minimum atomic E-state index is -0.411. The second-order valence-electron chi connectivity index (χ2n) is 6.07. The average Bonchev–Trinajstić information content (AvgIpc) is 3.06. The van der Waals surface area contributed by atoms with E-state index in [0.717, 1.165) is 5.56 Å². The number of amides is 2. The van der Waals surface area contributed by atoms with E-state index < -0.39 is 6.03 Å². The maximum Gasteiger partial charge on any atom is 0.321 e. The lowest BCUT2D eigenvalue weighted by Gasteiger charge is -2.14. The summed E-state index contributed by atoms with van der Waals surface area (Å²) in [5.74, 6) is -0.728. The van der Waals surface area contributed by atoms with Gasteiger partial charge in [0, 0.05) is 17.0 Å². The zero-order valence-corrected chi connectivity index (χ0v) is 15.3. The van der Waals surface area contributed by atoms with E-state index in [2.05, 4.69) is 15.6 Å². The van der Waals surface area contributed by atoms with Gasteiger partial charge in [0.2, 0.25) is 0 Å². The molecule has 0 aliphatic rings. The fourth-order valence-corrected chi connectivity index (χ4v) is 3.28. The second-order valence-corrected chi connectivity index (χ2v) is 6.93. The Morgan fingerprint density at radius 1 is 1.22 bits per heavy atom. The number of anilines is 1. The lowest BCUT2D eigenvalue weighted by molar-refractivity contribution is 0.249. The summed E-state index contributed by atoms with van der Waals surface area (Å²) in [5.41, 5.74) is 2.00. The molecule has 0 aliphatic carbocycles. The first kappa shape index (κ1) is 18.7. The van der Waals surface area contributed by atoms with Crippen molar-refractivity contribution in [1.29, 1.82) is 0 Å². The molecule has 1 atom stereocenters. The van der Waals surface area contributed by atoms with Crippen molar-refractivity contribution < 1.29 is 19.4 Å². The zero-order valence-electron chi connectivity index (χ0n) is 14.4. The quantitative estimate of drug-likeness (QED) is 0.496. The molecule has 6 nitrogen and oxygen atoms in total. The number of nitrogens with one attached hydrogen (secondary N) is 2. The standard InChI is InChI=1S/C19H18FN3O3S/c1-11(7-12-5-6-16(24)17(25)8-12)21-18(26)23-19-22-15(10-27-19)13-3-2-4-14(20)9-13/h2-6,8-11,24-25H,7H2,1H3,(H2,21,22,23,26)/t11-/m1/s1. The van der Waals surface area contributed by atoms with Crippen LogP contribution in [0.4, 0.5) is 14.3 Å². The summed E-state index contributed by atoms with van der Waals surface area (Å²) >= 11 is 1.25. The minimum absolute atomic E-state index is 0.185. The van der Waals surface area contributed by atoms with Gasteiger partial charge in [0.1, 0.15) is 5.82 Å². The van der Waals surface area contributed by atoms with E-state index in [9.17, 15) is 19.4 Å². The first-order valence-electron chi connectivity index (χ1n) is 8.20. The molecule has 2 amide bonds. The van der Waals surface area contributed by atoms with Crippen LogP contribution in [0.1, 0.15) is 12.5 Å². The number of urea groups is 1. The number of aromatic hydroxyl groups is 2. The van der Waals surface area contributed by atoms with Crippen LogP contribution >= 0.6 is 11.3 Å². The number of carbonyl (C=O) groups is 1. The van der Waals surface area contributed by atoms with Crippen molar-refractivity contribution in [3.8, 4) is 22.8 Å². The number of phenolic OH excluding ortho intramolecular Hbond substituents is 2. The van der Waals surface area contributed by atoms with E-state index in [4.69, 9.17) is 0 Å². The van der Waals surface area contributed by atoms with E-state index in [-0.39, 0.29) is 23.4 Å². The Labute approximate surface area is 159 Å². The summed E-state index contributed by atoms with van der Waals surface area (Å²) in [5, 5.41) is 26.4. The van der Waals surface area contributed by atoms with Crippen LogP contribution in [-0.2, 0) is 6.42 Å². The fraction of sp³-hybridized carbons (Fsp3) is 0.158. The van der Waals surface area contributed by atoms with Crippen LogP contribution in [-0.4, -0.2) is 27.3 Å². The SMILES string of the molecule is C[C@H](Cc1ccc(O)c(O)c1)NC(=O)Nc1nc(-c2cccc(F)c2)cs1. The summed E-state index contributed by atoms with van der Waals surface area (Å²) in [7, 11) is 0. The molecule has 0 saturated heterocycles. The van der Waals surface area contributed by atoms with Crippen molar-refractivity contribution in [2.75, 3.05) is 5.32 Å². The van der Waals surface area contributed by atoms with Crippen LogP contribution < -0.4 is 10.6 Å². The third kappa shape index (κ3) is 4.95. The van der Waals surface area contributed by atoms with Crippen LogP contribution in [0.2, 0.25) is 0 Å². The van der Waals surface area contributed by atoms with Crippen LogP contribution in [0.3, 0.4) is 0 Å². The number of phenols is 2. The van der Waals surface area contributed by atoms with Crippen molar-refractivity contribution in [2.24, 2.45) is 0 Å². The lowest BCUT2D eigenvalue weighted by Crippen LogP contribution is -2.37. The molecule has 0 aliphatic heterocycles. The Kier molecular flexibility index (Phi) is 5.56. The smallest absolute Gasteiger partial charge is 0.321 e. The molecular formula is C19H18FN3O3S. The van der Waals surface area contributed by atoms with Gasteiger partial charge in [-0.25, -0.2) is 14.2 Å². The summed E-state index contributed by atoms with van der Waals surface area (Å²) in [4.78, 5) is 16.4. The maximum absolute atomic E-state index is 13.3. The van der Waals surface area contributed by atoms with Crippen molar-refractivity contribution in [2.45, 2.75) is 19.4 Å². The maximum atomic E-state index is 13.3. The van der Waals surface area contributed by atoms with Gasteiger partial charge in [-0.2, -0.15) is 0 Å². The Morgan fingerprint density at radius 2 is 2.04 bits per heavy atom. The first-order valence-corrected chi connectivity index (χ1v) is 9.08. The lowest BCUT2D eigenvalue weighted by atomic mass is 10.1. The number of rotatable bonds is 5. The molecule has 1 aromatic heterocycles. The van der Waals surface area contributed by atoms with Gasteiger partial charge >= 0.3 is 6.03 Å². The number of benzene rings is 2. The molecule has 3 aromatic rings. The van der Waals surface area contributed by atoms with Gasteiger partial charge in [-0.3, -0.25) is 5.32 Å². The van der Waals surface area contributed by atoms with Gasteiger partial charge in [0.15, 0.2) is 16.6 Å². The van der Waals surface area contributed by atoms with Gasteiger partial charge in [0.25, 0.3) is 0 Å². The monoisotopic (exact) mass is 387 g/mol. The number of hydrogen-bond donors (Lipinski definition) is 4. The average molecular weight is 387 g/mol. The largest absolute Gasteiger partial charge is 0.504 e. The molecule has 0 spiro atoms. The molecule has 0 radical (unpaired) electrons. The number of nitrogens with zero attached hydrogens (tertiary/aromatic N) is 1. The van der Waals surface area contributed by atoms with Crippen LogP contribution in [0, 0.1) is 5.82 Å². The van der Waals surface area contributed by atoms with Gasteiger partial charge in [0.05, 0.1) is 5.69 Å². The number of carbonyl (C=O) groups excluding carboxylic acids is 1. The van der Waals surface area contributed by atoms with Gasteiger partial charge in [-0.05, 0) is 43.2 Å². The molecule has 0 saturated carbocycles. The minimum Gasteiger partial charge on any atom is -0.504 e. The third-order valence-electron chi connectivity index (χ3n) is 3.80. The van der Waals surface area contributed by atoms with Crippen molar-refractivity contribution in [3.05, 3.63) is 59.2 Å².